The number of nitrogens with one attached hydrogen (secondary N) is 2. The molecule has 4 nitrogen and oxygen atoms in total. The number of aldehydes is 1. The van der Waals surface area contributed by atoms with Gasteiger partial charge < -0.3 is 5.32 Å². The molecule has 2 N–H and O–H groups in total. The monoisotopic (exact) mass is 151 g/mol. The minimum atomic E-state index is 0.703. The molecule has 0 amide bonds. The zero-order chi connectivity index (χ0) is 7.68. The standard InChI is InChI=1S/C7H9N3O/c11-4-6-2-1-3-10-7(6)8-5-9-10/h1-2,4,8-9H,3,5H2. The van der Waals surface area contributed by atoms with Crippen LogP contribution < -0.4 is 10.7 Å². The molecule has 11 heavy (non-hydrogen) atoms. The van der Waals surface area contributed by atoms with Crippen LogP contribution in [0.4, 0.5) is 0 Å². The molecular weight excluding hydrogens is 142 g/mol. The Morgan fingerprint density at radius 3 is 3.36 bits per heavy atom. The van der Waals surface area contributed by atoms with Crippen LogP contribution in [0, 0.1) is 0 Å². The molecule has 0 aromatic heterocycles. The third kappa shape index (κ3) is 0.914. The topological polar surface area (TPSA) is 44.4 Å². The lowest BCUT2D eigenvalue weighted by molar-refractivity contribution is -0.104. The van der Waals surface area contributed by atoms with Gasteiger partial charge in [0.1, 0.15) is 5.82 Å². The Morgan fingerprint density at radius 2 is 2.55 bits per heavy atom. The molecular formula is C7H9N3O. The van der Waals surface area contributed by atoms with Gasteiger partial charge in [0.15, 0.2) is 6.29 Å². The molecule has 2 aliphatic rings. The van der Waals surface area contributed by atoms with Crippen molar-refractivity contribution in [1.29, 1.82) is 0 Å². The van der Waals surface area contributed by atoms with Gasteiger partial charge in [0.2, 0.25) is 0 Å². The van der Waals surface area contributed by atoms with Crippen molar-refractivity contribution in [3.63, 3.8) is 0 Å². The molecule has 2 heterocycles. The molecule has 0 aromatic carbocycles. The van der Waals surface area contributed by atoms with E-state index in [1.54, 1.807) is 0 Å². The molecule has 2 aliphatic heterocycles. The third-order valence-corrected chi connectivity index (χ3v) is 1.78. The number of nitrogens with zero attached hydrogens (tertiary/aromatic N) is 1. The van der Waals surface area contributed by atoms with E-state index < -0.39 is 0 Å². The van der Waals surface area contributed by atoms with Crippen LogP contribution in [0.2, 0.25) is 0 Å². The molecule has 0 unspecified atom stereocenters. The Hall–Kier alpha value is -1.29. The molecule has 0 spiro atoms. The second kappa shape index (κ2) is 2.39. The van der Waals surface area contributed by atoms with Crippen molar-refractivity contribution in [3.8, 4) is 0 Å². The van der Waals surface area contributed by atoms with Crippen molar-refractivity contribution in [2.75, 3.05) is 13.2 Å². The molecule has 0 bridgehead atoms. The maximum absolute atomic E-state index is 10.5. The summed E-state index contributed by atoms with van der Waals surface area (Å²) in [6.07, 6.45) is 4.64. The lowest BCUT2D eigenvalue weighted by atomic mass is 10.2. The van der Waals surface area contributed by atoms with Gasteiger partial charge in [0.05, 0.1) is 18.8 Å². The number of fused-ring (bicyclic) bond motifs is 1. The summed E-state index contributed by atoms with van der Waals surface area (Å²) in [6, 6.07) is 0. The summed E-state index contributed by atoms with van der Waals surface area (Å²) in [6.45, 7) is 1.52. The van der Waals surface area contributed by atoms with Crippen molar-refractivity contribution in [1.82, 2.24) is 15.8 Å². The number of allylic oxidation sites excluding steroid dienone is 2. The molecule has 1 fully saturated rings. The van der Waals surface area contributed by atoms with Gasteiger partial charge in [-0.2, -0.15) is 0 Å². The van der Waals surface area contributed by atoms with Crippen LogP contribution in [-0.4, -0.2) is 24.5 Å². The predicted molar refractivity (Wildman–Crippen MR) is 40.1 cm³/mol. The lowest BCUT2D eigenvalue weighted by Crippen LogP contribution is -2.32. The quantitative estimate of drug-likeness (QED) is 0.488. The maximum Gasteiger partial charge on any atom is 0.153 e. The fraction of sp³-hybridized carbons (Fsp3) is 0.286. The van der Waals surface area contributed by atoms with E-state index in [1.807, 2.05) is 17.2 Å². The van der Waals surface area contributed by atoms with Crippen LogP contribution in [0.15, 0.2) is 23.5 Å². The summed E-state index contributed by atoms with van der Waals surface area (Å²) in [5, 5.41) is 4.99. The van der Waals surface area contributed by atoms with Crippen molar-refractivity contribution in [2.45, 2.75) is 0 Å². The van der Waals surface area contributed by atoms with E-state index in [9.17, 15) is 4.79 Å². The second-order valence-corrected chi connectivity index (χ2v) is 2.45. The summed E-state index contributed by atoms with van der Waals surface area (Å²) in [4.78, 5) is 10.5. The average Bonchev–Trinajstić information content (AvgIpc) is 2.50. The van der Waals surface area contributed by atoms with E-state index in [4.69, 9.17) is 0 Å². The van der Waals surface area contributed by atoms with Crippen LogP contribution in [0.3, 0.4) is 0 Å². The largest absolute Gasteiger partial charge is 0.356 e. The Labute approximate surface area is 64.5 Å². The van der Waals surface area contributed by atoms with Gasteiger partial charge in [-0.15, -0.1) is 0 Å². The van der Waals surface area contributed by atoms with Crippen LogP contribution in [0.1, 0.15) is 0 Å². The summed E-state index contributed by atoms with van der Waals surface area (Å²) in [7, 11) is 0. The SMILES string of the molecule is O=CC1=C2NCNN2CC=C1. The van der Waals surface area contributed by atoms with Gasteiger partial charge in [-0.05, 0) is 0 Å². The summed E-state index contributed by atoms with van der Waals surface area (Å²) in [5.41, 5.74) is 3.79. The molecule has 58 valence electrons. The smallest absolute Gasteiger partial charge is 0.153 e. The van der Waals surface area contributed by atoms with Crippen LogP contribution in [0.25, 0.3) is 0 Å². The molecule has 0 radical (unpaired) electrons. The van der Waals surface area contributed by atoms with Crippen LogP contribution in [0.5, 0.6) is 0 Å². The van der Waals surface area contributed by atoms with Crippen molar-refractivity contribution in [3.05, 3.63) is 23.5 Å². The third-order valence-electron chi connectivity index (χ3n) is 1.78. The fourth-order valence-electron chi connectivity index (χ4n) is 1.27. The highest BCUT2D eigenvalue weighted by Crippen LogP contribution is 2.12. The van der Waals surface area contributed by atoms with E-state index in [0.717, 1.165) is 18.7 Å². The first-order chi connectivity index (χ1) is 5.42. The first kappa shape index (κ1) is 6.42. The fourth-order valence-corrected chi connectivity index (χ4v) is 1.27. The van der Waals surface area contributed by atoms with Gasteiger partial charge in [0.25, 0.3) is 0 Å². The van der Waals surface area contributed by atoms with E-state index in [-0.39, 0.29) is 0 Å². The highest BCUT2D eigenvalue weighted by molar-refractivity contribution is 5.79. The number of rotatable bonds is 1. The predicted octanol–water partition coefficient (Wildman–Crippen LogP) is -0.666. The van der Waals surface area contributed by atoms with E-state index in [0.29, 0.717) is 12.2 Å². The minimum absolute atomic E-state index is 0.703. The van der Waals surface area contributed by atoms with Crippen LogP contribution in [-0.2, 0) is 4.79 Å². The molecule has 0 saturated carbocycles. The minimum Gasteiger partial charge on any atom is -0.356 e. The summed E-state index contributed by atoms with van der Waals surface area (Å²) < 4.78 is 0. The zero-order valence-electron chi connectivity index (χ0n) is 6.00. The molecule has 0 aliphatic carbocycles. The highest BCUT2D eigenvalue weighted by atomic mass is 16.1. The summed E-state index contributed by atoms with van der Waals surface area (Å²) in [5.74, 6) is 0.891. The number of hydrazine groups is 1. The molecule has 4 heteroatoms. The van der Waals surface area contributed by atoms with Gasteiger partial charge in [-0.1, -0.05) is 12.2 Å². The van der Waals surface area contributed by atoms with Gasteiger partial charge in [-0.25, -0.2) is 5.43 Å². The molecule has 0 atom stereocenters. The van der Waals surface area contributed by atoms with Crippen LogP contribution >= 0.6 is 0 Å². The van der Waals surface area contributed by atoms with E-state index in [1.165, 1.54) is 0 Å². The lowest BCUT2D eigenvalue weighted by Gasteiger charge is -2.20. The number of hydrogen-bond donors (Lipinski definition) is 2. The van der Waals surface area contributed by atoms with Gasteiger partial charge >= 0.3 is 0 Å². The number of carbonyl (C=O) groups is 1. The second-order valence-electron chi connectivity index (χ2n) is 2.45. The Morgan fingerprint density at radius 1 is 1.64 bits per heavy atom. The first-order valence-electron chi connectivity index (χ1n) is 3.53. The molecule has 1 saturated heterocycles. The molecule has 0 aromatic rings. The number of hydrogen-bond acceptors (Lipinski definition) is 4. The molecule has 2 rings (SSSR count). The van der Waals surface area contributed by atoms with Crippen molar-refractivity contribution >= 4 is 6.29 Å². The maximum atomic E-state index is 10.5. The first-order valence-corrected chi connectivity index (χ1v) is 3.53. The Balaban J connectivity index is 2.36. The highest BCUT2D eigenvalue weighted by Gasteiger charge is 2.19. The Kier molecular flexibility index (Phi) is 1.40. The van der Waals surface area contributed by atoms with E-state index >= 15 is 0 Å². The normalized spacial score (nSPS) is 21.6. The Bertz CT molecular complexity index is 244. The zero-order valence-corrected chi connectivity index (χ0v) is 6.00. The van der Waals surface area contributed by atoms with Crippen molar-refractivity contribution < 1.29 is 4.79 Å². The average molecular weight is 151 g/mol. The summed E-state index contributed by atoms with van der Waals surface area (Å²) >= 11 is 0. The van der Waals surface area contributed by atoms with E-state index in [2.05, 4.69) is 10.7 Å². The number of carbonyl (C=O) groups excluding carboxylic acids is 1. The van der Waals surface area contributed by atoms with Crippen molar-refractivity contribution in [2.24, 2.45) is 0 Å². The van der Waals surface area contributed by atoms with Gasteiger partial charge in [-0.3, -0.25) is 9.80 Å². The van der Waals surface area contributed by atoms with Gasteiger partial charge in [0, 0.05) is 0 Å².